The van der Waals surface area contributed by atoms with E-state index in [9.17, 15) is 0 Å². The highest BCUT2D eigenvalue weighted by molar-refractivity contribution is 5.40. The summed E-state index contributed by atoms with van der Waals surface area (Å²) in [6.45, 7) is 3.93. The first-order valence-electron chi connectivity index (χ1n) is 7.06. The maximum atomic E-state index is 8.89. The molecule has 0 radical (unpaired) electrons. The maximum absolute atomic E-state index is 8.89. The van der Waals surface area contributed by atoms with Gasteiger partial charge in [0.05, 0.1) is 13.2 Å². The summed E-state index contributed by atoms with van der Waals surface area (Å²) in [5, 5.41) is 12.4. The molecule has 0 heterocycles. The highest BCUT2D eigenvalue weighted by Gasteiger charge is 2.20. The maximum Gasteiger partial charge on any atom is 0.127 e. The Balaban J connectivity index is 2.00. The number of aliphatic hydroxyl groups is 1. The van der Waals surface area contributed by atoms with E-state index in [0.717, 1.165) is 30.0 Å². The molecule has 0 bridgehead atoms. The molecule has 0 atom stereocenters. The highest BCUT2D eigenvalue weighted by Crippen LogP contribution is 2.27. The summed E-state index contributed by atoms with van der Waals surface area (Å²) in [5.74, 6) is 1.63. The van der Waals surface area contributed by atoms with Gasteiger partial charge in [0.25, 0.3) is 0 Å². The van der Waals surface area contributed by atoms with Gasteiger partial charge in [0.2, 0.25) is 0 Å². The topological polar surface area (TPSA) is 50.7 Å². The van der Waals surface area contributed by atoms with Gasteiger partial charge in [0.15, 0.2) is 0 Å². The molecule has 1 fully saturated rings. The van der Waals surface area contributed by atoms with Gasteiger partial charge in [-0.15, -0.1) is 0 Å². The van der Waals surface area contributed by atoms with Crippen molar-refractivity contribution < 1.29 is 14.6 Å². The van der Waals surface area contributed by atoms with Gasteiger partial charge in [-0.2, -0.15) is 0 Å². The van der Waals surface area contributed by atoms with Gasteiger partial charge in [0, 0.05) is 24.2 Å². The van der Waals surface area contributed by atoms with Crippen LogP contribution in [-0.4, -0.2) is 31.0 Å². The Labute approximate surface area is 114 Å². The third-order valence-corrected chi connectivity index (χ3v) is 3.02. The van der Waals surface area contributed by atoms with Crippen molar-refractivity contribution in [3.8, 4) is 11.5 Å². The minimum atomic E-state index is 0.0234. The predicted octanol–water partition coefficient (Wildman–Crippen LogP) is 2.10. The van der Waals surface area contributed by atoms with Crippen molar-refractivity contribution >= 4 is 0 Å². The fourth-order valence-electron chi connectivity index (χ4n) is 1.82. The van der Waals surface area contributed by atoms with Crippen LogP contribution in [0.25, 0.3) is 0 Å². The minimum Gasteiger partial charge on any atom is -0.493 e. The van der Waals surface area contributed by atoms with E-state index in [1.807, 2.05) is 18.2 Å². The number of benzene rings is 1. The molecule has 19 heavy (non-hydrogen) atoms. The average Bonchev–Trinajstić information content (AvgIpc) is 3.25. The van der Waals surface area contributed by atoms with Crippen LogP contribution in [-0.2, 0) is 6.54 Å². The van der Waals surface area contributed by atoms with Crippen LogP contribution in [0.2, 0.25) is 0 Å². The molecule has 4 heteroatoms. The van der Waals surface area contributed by atoms with E-state index in [-0.39, 0.29) is 6.61 Å². The second-order valence-electron chi connectivity index (χ2n) is 4.85. The molecular weight excluding hydrogens is 242 g/mol. The van der Waals surface area contributed by atoms with Crippen molar-refractivity contribution in [2.45, 2.75) is 38.8 Å². The number of aliphatic hydroxyl groups excluding tert-OH is 1. The van der Waals surface area contributed by atoms with Crippen LogP contribution in [0.1, 0.15) is 31.7 Å². The minimum absolute atomic E-state index is 0.0234. The van der Waals surface area contributed by atoms with Crippen LogP contribution in [0, 0.1) is 0 Å². The number of hydrogen-bond donors (Lipinski definition) is 2. The van der Waals surface area contributed by atoms with Gasteiger partial charge in [0.1, 0.15) is 18.1 Å². The summed E-state index contributed by atoms with van der Waals surface area (Å²) in [5.41, 5.74) is 1.11. The van der Waals surface area contributed by atoms with E-state index >= 15 is 0 Å². The predicted molar refractivity (Wildman–Crippen MR) is 74.7 cm³/mol. The molecule has 1 aliphatic rings. The lowest BCUT2D eigenvalue weighted by atomic mass is 10.2. The Morgan fingerprint density at radius 3 is 2.79 bits per heavy atom. The van der Waals surface area contributed by atoms with E-state index < -0.39 is 0 Å². The molecule has 0 spiro atoms. The molecule has 106 valence electrons. The van der Waals surface area contributed by atoms with Crippen LogP contribution in [0.3, 0.4) is 0 Å². The summed E-state index contributed by atoms with van der Waals surface area (Å²) in [7, 11) is 0. The van der Waals surface area contributed by atoms with Crippen LogP contribution < -0.4 is 14.8 Å². The van der Waals surface area contributed by atoms with Gasteiger partial charge in [-0.1, -0.05) is 13.0 Å². The lowest BCUT2D eigenvalue weighted by molar-refractivity contribution is 0.199. The molecule has 1 aromatic rings. The summed E-state index contributed by atoms with van der Waals surface area (Å²) < 4.78 is 11.2. The fourth-order valence-corrected chi connectivity index (χ4v) is 1.82. The Morgan fingerprint density at radius 1 is 1.26 bits per heavy atom. The zero-order chi connectivity index (χ0) is 13.5. The van der Waals surface area contributed by atoms with Gasteiger partial charge < -0.3 is 19.9 Å². The first-order chi connectivity index (χ1) is 9.33. The zero-order valence-corrected chi connectivity index (χ0v) is 11.5. The van der Waals surface area contributed by atoms with Gasteiger partial charge in [-0.05, 0) is 25.3 Å². The van der Waals surface area contributed by atoms with Crippen LogP contribution >= 0.6 is 0 Å². The number of ether oxygens (including phenoxy) is 2. The average molecular weight is 265 g/mol. The third-order valence-electron chi connectivity index (χ3n) is 3.02. The third kappa shape index (κ3) is 4.73. The molecule has 1 aromatic carbocycles. The molecule has 0 aromatic heterocycles. The molecule has 2 N–H and O–H groups in total. The lowest BCUT2D eigenvalue weighted by Crippen LogP contribution is -2.16. The van der Waals surface area contributed by atoms with Crippen LogP contribution in [0.4, 0.5) is 0 Å². The first-order valence-corrected chi connectivity index (χ1v) is 7.06. The molecule has 4 nitrogen and oxygen atoms in total. The number of nitrogens with one attached hydrogen (secondary N) is 1. The highest BCUT2D eigenvalue weighted by atomic mass is 16.5. The Bertz CT molecular complexity index is 391. The first kappa shape index (κ1) is 14.2. The number of hydrogen-bond acceptors (Lipinski definition) is 4. The van der Waals surface area contributed by atoms with Crippen LogP contribution in [0.15, 0.2) is 18.2 Å². The molecular formula is C15H23NO3. The van der Waals surface area contributed by atoms with E-state index in [1.54, 1.807) is 0 Å². The largest absolute Gasteiger partial charge is 0.493 e. The second-order valence-corrected chi connectivity index (χ2v) is 4.85. The van der Waals surface area contributed by atoms with Crippen molar-refractivity contribution in [2.24, 2.45) is 0 Å². The molecule has 0 saturated heterocycles. The van der Waals surface area contributed by atoms with Gasteiger partial charge in [-0.25, -0.2) is 0 Å². The smallest absolute Gasteiger partial charge is 0.127 e. The molecule has 0 aliphatic heterocycles. The second kappa shape index (κ2) is 7.36. The normalized spacial score (nSPS) is 14.4. The molecule has 1 saturated carbocycles. The summed E-state index contributed by atoms with van der Waals surface area (Å²) in [6, 6.07) is 6.59. The zero-order valence-electron chi connectivity index (χ0n) is 11.5. The van der Waals surface area contributed by atoms with E-state index in [2.05, 4.69) is 12.2 Å². The van der Waals surface area contributed by atoms with Crippen molar-refractivity contribution in [1.29, 1.82) is 0 Å². The van der Waals surface area contributed by atoms with Crippen molar-refractivity contribution in [3.63, 3.8) is 0 Å². The monoisotopic (exact) mass is 265 g/mol. The van der Waals surface area contributed by atoms with Crippen molar-refractivity contribution in [3.05, 3.63) is 23.8 Å². The Morgan fingerprint density at radius 2 is 2.11 bits per heavy atom. The van der Waals surface area contributed by atoms with Crippen LogP contribution in [0.5, 0.6) is 11.5 Å². The summed E-state index contributed by atoms with van der Waals surface area (Å²) in [4.78, 5) is 0. The fraction of sp³-hybridized carbons (Fsp3) is 0.600. The standard InChI is InChI=1S/C15H23NO3/c1-2-8-18-14-6-3-12(11-16-13-4-5-13)15(10-14)19-9-7-17/h3,6,10,13,16-17H,2,4-5,7-9,11H2,1H3. The molecule has 1 aliphatic carbocycles. The molecule has 0 unspecified atom stereocenters. The SMILES string of the molecule is CCCOc1ccc(CNC2CC2)c(OCCO)c1. The van der Waals surface area contributed by atoms with Crippen molar-refractivity contribution in [1.82, 2.24) is 5.32 Å². The van der Waals surface area contributed by atoms with Gasteiger partial charge >= 0.3 is 0 Å². The van der Waals surface area contributed by atoms with Gasteiger partial charge in [-0.3, -0.25) is 0 Å². The number of rotatable bonds is 9. The summed E-state index contributed by atoms with van der Waals surface area (Å²) >= 11 is 0. The van der Waals surface area contributed by atoms with E-state index in [1.165, 1.54) is 12.8 Å². The Kier molecular flexibility index (Phi) is 5.48. The molecule has 2 rings (SSSR count). The lowest BCUT2D eigenvalue weighted by Gasteiger charge is -2.13. The van der Waals surface area contributed by atoms with E-state index in [0.29, 0.717) is 19.3 Å². The van der Waals surface area contributed by atoms with Crippen molar-refractivity contribution in [2.75, 3.05) is 19.8 Å². The molecule has 0 amide bonds. The van der Waals surface area contributed by atoms with E-state index in [4.69, 9.17) is 14.6 Å². The quantitative estimate of drug-likeness (QED) is 0.718. The summed E-state index contributed by atoms with van der Waals surface area (Å²) in [6.07, 6.45) is 3.52. The Hall–Kier alpha value is -1.26.